The van der Waals surface area contributed by atoms with E-state index < -0.39 is 15.7 Å². The van der Waals surface area contributed by atoms with Crippen LogP contribution < -0.4 is 5.73 Å². The number of nitrogens with two attached hydrogens (primary N) is 1. The van der Waals surface area contributed by atoms with Crippen molar-refractivity contribution < 1.29 is 18.0 Å². The van der Waals surface area contributed by atoms with Crippen LogP contribution in [0.3, 0.4) is 0 Å². The zero-order chi connectivity index (χ0) is 20.6. The van der Waals surface area contributed by atoms with Gasteiger partial charge in [0.05, 0.1) is 29.2 Å². The van der Waals surface area contributed by atoms with Crippen LogP contribution in [-0.4, -0.2) is 64.3 Å². The molecule has 2 aromatic heterocycles. The number of hydrogen-bond donors (Lipinski definition) is 1. The van der Waals surface area contributed by atoms with Gasteiger partial charge in [-0.05, 0) is 17.7 Å². The fourth-order valence-corrected chi connectivity index (χ4v) is 4.51. The third-order valence-electron chi connectivity index (χ3n) is 4.95. The van der Waals surface area contributed by atoms with E-state index in [0.717, 1.165) is 11.1 Å². The molecule has 0 unspecified atom stereocenters. The number of pyridine rings is 1. The Hall–Kier alpha value is -3.27. The van der Waals surface area contributed by atoms with Crippen molar-refractivity contribution >= 4 is 27.3 Å². The van der Waals surface area contributed by atoms with Gasteiger partial charge in [-0.2, -0.15) is 0 Å². The van der Waals surface area contributed by atoms with Crippen LogP contribution in [0, 0.1) is 6.33 Å². The number of carbonyl (C=O) groups is 2. The van der Waals surface area contributed by atoms with Crippen LogP contribution in [-0.2, 0) is 21.1 Å². The molecule has 0 bridgehead atoms. The topological polar surface area (TPSA) is 128 Å². The van der Waals surface area contributed by atoms with Crippen molar-refractivity contribution in [2.45, 2.75) is 6.42 Å². The molecule has 149 valence electrons. The van der Waals surface area contributed by atoms with Gasteiger partial charge >= 0.3 is 0 Å². The maximum Gasteiger partial charge on any atom is 0.252 e. The van der Waals surface area contributed by atoms with E-state index in [2.05, 4.69) is 16.4 Å². The third-order valence-corrected chi connectivity index (χ3v) is 6.56. The minimum Gasteiger partial charge on any atom is -0.365 e. The summed E-state index contributed by atoms with van der Waals surface area (Å²) >= 11 is 0. The van der Waals surface area contributed by atoms with Gasteiger partial charge in [-0.1, -0.05) is 24.3 Å². The molecule has 4 rings (SSSR count). The van der Waals surface area contributed by atoms with Crippen LogP contribution in [0.4, 0.5) is 0 Å². The molecule has 29 heavy (non-hydrogen) atoms. The largest absolute Gasteiger partial charge is 0.365 e. The minimum absolute atomic E-state index is 0.0178. The molecule has 1 radical (unpaired) electrons. The van der Waals surface area contributed by atoms with E-state index in [1.807, 2.05) is 24.3 Å². The van der Waals surface area contributed by atoms with E-state index in [0.29, 0.717) is 11.3 Å². The van der Waals surface area contributed by atoms with E-state index in [1.165, 1.54) is 4.52 Å². The van der Waals surface area contributed by atoms with Crippen molar-refractivity contribution in [2.24, 2.45) is 5.73 Å². The van der Waals surface area contributed by atoms with Crippen molar-refractivity contribution in [2.75, 3.05) is 24.6 Å². The van der Waals surface area contributed by atoms with Crippen LogP contribution >= 0.6 is 0 Å². The minimum atomic E-state index is -3.02. The average molecular weight is 412 g/mol. The number of amides is 2. The Bertz CT molecular complexity index is 1190. The summed E-state index contributed by atoms with van der Waals surface area (Å²) in [5.41, 5.74) is 8.31. The number of rotatable bonds is 4. The van der Waals surface area contributed by atoms with Crippen LogP contribution in [0.5, 0.6) is 0 Å². The summed E-state index contributed by atoms with van der Waals surface area (Å²) in [6.45, 7) is 0.485. The fraction of sp³-hybridized carbons (Fsp3) is 0.263. The van der Waals surface area contributed by atoms with Crippen molar-refractivity contribution in [3.05, 3.63) is 53.9 Å². The summed E-state index contributed by atoms with van der Waals surface area (Å²) in [5, 5.41) is 4.04. The van der Waals surface area contributed by atoms with Crippen molar-refractivity contribution in [1.82, 2.24) is 19.5 Å². The van der Waals surface area contributed by atoms with Gasteiger partial charge in [0.25, 0.3) is 5.91 Å². The van der Waals surface area contributed by atoms with Gasteiger partial charge in [0.1, 0.15) is 0 Å². The zero-order valence-corrected chi connectivity index (χ0v) is 16.2. The number of benzene rings is 1. The van der Waals surface area contributed by atoms with Crippen LogP contribution in [0.15, 0.2) is 36.4 Å². The van der Waals surface area contributed by atoms with Gasteiger partial charge in [0, 0.05) is 18.7 Å². The normalized spacial score (nSPS) is 16.1. The molecule has 1 fully saturated rings. The summed E-state index contributed by atoms with van der Waals surface area (Å²) in [5.74, 6) is -0.651. The monoisotopic (exact) mass is 412 g/mol. The van der Waals surface area contributed by atoms with E-state index in [9.17, 15) is 18.0 Å². The highest BCUT2D eigenvalue weighted by molar-refractivity contribution is 7.91. The van der Waals surface area contributed by atoms with E-state index in [-0.39, 0.29) is 42.5 Å². The molecule has 9 nitrogen and oxygen atoms in total. The molecule has 0 atom stereocenters. The van der Waals surface area contributed by atoms with E-state index in [1.54, 1.807) is 17.0 Å². The molecule has 1 aromatic carbocycles. The van der Waals surface area contributed by atoms with E-state index >= 15 is 0 Å². The molecule has 0 spiro atoms. The molecule has 1 aliphatic heterocycles. The first-order valence-corrected chi connectivity index (χ1v) is 10.8. The SMILES string of the molecule is NC(=O)c1ccc(-c2ccc(CC(=O)N3CCS(=O)(=O)CC3)cc2)n2n[c]nc12. The lowest BCUT2D eigenvalue weighted by Crippen LogP contribution is -2.44. The second-order valence-electron chi connectivity index (χ2n) is 6.85. The maximum atomic E-state index is 12.4. The number of carbonyl (C=O) groups excluding carboxylic acids is 2. The summed E-state index contributed by atoms with van der Waals surface area (Å²) in [6, 6.07) is 10.7. The standard InChI is InChI=1S/C19H18N5O4S/c20-18(26)15-5-6-16(24-19(15)21-12-22-24)14-3-1-13(2-4-14)11-17(25)23-7-9-29(27,28)10-8-23/h1-6H,7-11H2,(H2,20,26). The molecule has 2 amide bonds. The number of primary amides is 1. The molecule has 2 N–H and O–H groups in total. The predicted molar refractivity (Wildman–Crippen MR) is 105 cm³/mol. The number of sulfone groups is 1. The van der Waals surface area contributed by atoms with Crippen LogP contribution in [0.2, 0.25) is 0 Å². The Morgan fingerprint density at radius 2 is 1.76 bits per heavy atom. The van der Waals surface area contributed by atoms with Gasteiger partial charge in [0.2, 0.25) is 12.2 Å². The molecule has 1 saturated heterocycles. The Balaban J connectivity index is 1.52. The Morgan fingerprint density at radius 1 is 1.07 bits per heavy atom. The highest BCUT2D eigenvalue weighted by Gasteiger charge is 2.24. The molecular weight excluding hydrogens is 394 g/mol. The smallest absolute Gasteiger partial charge is 0.252 e. The van der Waals surface area contributed by atoms with Gasteiger partial charge in [0.15, 0.2) is 15.5 Å². The second kappa shape index (κ2) is 7.28. The molecular formula is C19H18N5O4S. The highest BCUT2D eigenvalue weighted by atomic mass is 32.2. The van der Waals surface area contributed by atoms with Crippen LogP contribution in [0.25, 0.3) is 16.9 Å². The molecule has 1 aliphatic rings. The molecule has 3 heterocycles. The van der Waals surface area contributed by atoms with Gasteiger partial charge in [-0.25, -0.2) is 17.9 Å². The maximum absolute atomic E-state index is 12.4. The van der Waals surface area contributed by atoms with Crippen molar-refractivity contribution in [1.29, 1.82) is 0 Å². The van der Waals surface area contributed by atoms with Gasteiger partial charge in [-0.3, -0.25) is 9.59 Å². The number of aromatic nitrogens is 3. The van der Waals surface area contributed by atoms with Crippen molar-refractivity contribution in [3.8, 4) is 11.3 Å². The first-order valence-electron chi connectivity index (χ1n) is 8.97. The Labute approximate surface area is 167 Å². The first kappa shape index (κ1) is 19.1. The Morgan fingerprint density at radius 3 is 2.41 bits per heavy atom. The lowest BCUT2D eigenvalue weighted by Gasteiger charge is -2.26. The second-order valence-corrected chi connectivity index (χ2v) is 9.15. The quantitative estimate of drug-likeness (QED) is 0.647. The summed E-state index contributed by atoms with van der Waals surface area (Å²) < 4.78 is 24.5. The number of fused-ring (bicyclic) bond motifs is 1. The lowest BCUT2D eigenvalue weighted by atomic mass is 10.1. The predicted octanol–water partition coefficient (Wildman–Crippen LogP) is 0.0949. The molecule has 10 heteroatoms. The zero-order valence-electron chi connectivity index (χ0n) is 15.4. The van der Waals surface area contributed by atoms with Crippen LogP contribution in [0.1, 0.15) is 15.9 Å². The third kappa shape index (κ3) is 3.83. The van der Waals surface area contributed by atoms with Gasteiger partial charge < -0.3 is 10.6 Å². The molecule has 0 saturated carbocycles. The first-order chi connectivity index (χ1) is 13.8. The summed E-state index contributed by atoms with van der Waals surface area (Å²) in [6.07, 6.45) is 2.69. The summed E-state index contributed by atoms with van der Waals surface area (Å²) in [7, 11) is -3.02. The number of hydrogen-bond acceptors (Lipinski definition) is 6. The lowest BCUT2D eigenvalue weighted by molar-refractivity contribution is -0.130. The summed E-state index contributed by atoms with van der Waals surface area (Å²) in [4.78, 5) is 29.5. The Kier molecular flexibility index (Phi) is 4.79. The highest BCUT2D eigenvalue weighted by Crippen LogP contribution is 2.22. The average Bonchev–Trinajstić information content (AvgIpc) is 3.17. The molecule has 0 aliphatic carbocycles. The number of nitrogens with zero attached hydrogens (tertiary/aromatic N) is 4. The van der Waals surface area contributed by atoms with Gasteiger partial charge in [-0.15, -0.1) is 5.10 Å². The fourth-order valence-electron chi connectivity index (χ4n) is 3.31. The van der Waals surface area contributed by atoms with Crippen molar-refractivity contribution in [3.63, 3.8) is 0 Å². The van der Waals surface area contributed by atoms with E-state index in [4.69, 9.17) is 5.73 Å². The molecule has 3 aromatic rings.